The van der Waals surface area contributed by atoms with E-state index in [4.69, 9.17) is 4.74 Å². The highest BCUT2D eigenvalue weighted by molar-refractivity contribution is 5.79. The highest BCUT2D eigenvalue weighted by Crippen LogP contribution is 2.20. The second-order valence-electron chi connectivity index (χ2n) is 8.43. The number of rotatable bonds is 4. The molecule has 0 spiro atoms. The van der Waals surface area contributed by atoms with Crippen molar-refractivity contribution in [3.63, 3.8) is 0 Å². The molecule has 1 unspecified atom stereocenters. The molecule has 25 heavy (non-hydrogen) atoms. The minimum absolute atomic E-state index is 0.00671. The third-order valence-corrected chi connectivity index (χ3v) is 5.10. The van der Waals surface area contributed by atoms with Gasteiger partial charge in [-0.25, -0.2) is 4.79 Å². The second kappa shape index (κ2) is 8.88. The lowest BCUT2D eigenvalue weighted by Gasteiger charge is -2.34. The summed E-state index contributed by atoms with van der Waals surface area (Å²) in [6.45, 7) is 12.0. The highest BCUT2D eigenvalue weighted by atomic mass is 16.6. The van der Waals surface area contributed by atoms with Crippen LogP contribution in [0.5, 0.6) is 0 Å². The van der Waals surface area contributed by atoms with Crippen molar-refractivity contribution in [2.45, 2.75) is 71.4 Å². The molecule has 0 aromatic heterocycles. The molecule has 0 aromatic carbocycles. The van der Waals surface area contributed by atoms with E-state index in [-0.39, 0.29) is 17.9 Å². The maximum absolute atomic E-state index is 12.4. The average molecular weight is 354 g/mol. The zero-order chi connectivity index (χ0) is 18.4. The minimum atomic E-state index is -0.476. The van der Waals surface area contributed by atoms with Gasteiger partial charge in [-0.05, 0) is 66.5 Å². The molecule has 0 saturated carbocycles. The summed E-state index contributed by atoms with van der Waals surface area (Å²) in [5.41, 5.74) is -0.476. The summed E-state index contributed by atoms with van der Waals surface area (Å²) >= 11 is 0. The molecule has 1 atom stereocenters. The number of carbonyl (C=O) groups is 2. The number of piperidine rings is 2. The first-order valence-corrected chi connectivity index (χ1v) is 9.76. The van der Waals surface area contributed by atoms with Crippen molar-refractivity contribution in [2.75, 3.05) is 32.7 Å². The van der Waals surface area contributed by atoms with Gasteiger partial charge in [-0.1, -0.05) is 6.42 Å². The molecule has 0 radical (unpaired) electrons. The van der Waals surface area contributed by atoms with E-state index in [1.54, 1.807) is 4.90 Å². The van der Waals surface area contributed by atoms with Crippen molar-refractivity contribution >= 4 is 12.0 Å². The maximum atomic E-state index is 12.4. The van der Waals surface area contributed by atoms with Gasteiger partial charge in [0.05, 0.1) is 0 Å². The number of nitrogens with zero attached hydrogens (tertiary/aromatic N) is 2. The van der Waals surface area contributed by atoms with E-state index in [1.165, 1.54) is 19.3 Å². The summed E-state index contributed by atoms with van der Waals surface area (Å²) in [6.07, 6.45) is 5.01. The molecule has 2 fully saturated rings. The third kappa shape index (κ3) is 6.49. The average Bonchev–Trinajstić information content (AvgIpc) is 2.58. The third-order valence-electron chi connectivity index (χ3n) is 5.10. The van der Waals surface area contributed by atoms with Gasteiger partial charge in [-0.2, -0.15) is 0 Å². The van der Waals surface area contributed by atoms with Crippen molar-refractivity contribution < 1.29 is 14.3 Å². The van der Waals surface area contributed by atoms with Crippen LogP contribution >= 0.6 is 0 Å². The van der Waals surface area contributed by atoms with Crippen LogP contribution in [0.15, 0.2) is 0 Å². The molecule has 2 aliphatic heterocycles. The SMILES string of the molecule is CC(CNC(=O)C1CCN(C(=O)OC(C)(C)C)CC1)N1CCCCC1. The Bertz CT molecular complexity index is 447. The Morgan fingerprint density at radius 1 is 1.08 bits per heavy atom. The lowest BCUT2D eigenvalue weighted by molar-refractivity contribution is -0.126. The zero-order valence-corrected chi connectivity index (χ0v) is 16.3. The topological polar surface area (TPSA) is 61.9 Å². The van der Waals surface area contributed by atoms with Crippen molar-refractivity contribution in [3.8, 4) is 0 Å². The largest absolute Gasteiger partial charge is 0.444 e. The Morgan fingerprint density at radius 2 is 1.68 bits per heavy atom. The van der Waals surface area contributed by atoms with E-state index in [2.05, 4.69) is 17.1 Å². The van der Waals surface area contributed by atoms with E-state index in [1.807, 2.05) is 20.8 Å². The monoisotopic (exact) mass is 353 g/mol. The Labute approximate surface area is 152 Å². The van der Waals surface area contributed by atoms with E-state index in [9.17, 15) is 9.59 Å². The molecule has 2 saturated heterocycles. The van der Waals surface area contributed by atoms with Crippen LogP contribution in [0.1, 0.15) is 59.8 Å². The van der Waals surface area contributed by atoms with Crippen LogP contribution in [0.2, 0.25) is 0 Å². The molecule has 144 valence electrons. The number of hydrogen-bond acceptors (Lipinski definition) is 4. The fraction of sp³-hybridized carbons (Fsp3) is 0.895. The van der Waals surface area contributed by atoms with Crippen LogP contribution in [0.3, 0.4) is 0 Å². The van der Waals surface area contributed by atoms with Gasteiger partial charge in [0.15, 0.2) is 0 Å². The molecule has 0 bridgehead atoms. The predicted octanol–water partition coefficient (Wildman–Crippen LogP) is 2.62. The number of hydrogen-bond donors (Lipinski definition) is 1. The molecule has 2 amide bonds. The summed E-state index contributed by atoms with van der Waals surface area (Å²) < 4.78 is 5.40. The summed E-state index contributed by atoms with van der Waals surface area (Å²) in [6, 6.07) is 0.395. The number of carbonyl (C=O) groups excluding carboxylic acids is 2. The summed E-state index contributed by atoms with van der Waals surface area (Å²) in [4.78, 5) is 28.7. The predicted molar refractivity (Wildman–Crippen MR) is 98.4 cm³/mol. The molecule has 2 aliphatic rings. The summed E-state index contributed by atoms with van der Waals surface area (Å²) in [5, 5.41) is 3.12. The molecule has 6 heteroatoms. The number of ether oxygens (including phenoxy) is 1. The van der Waals surface area contributed by atoms with Crippen LogP contribution in [0, 0.1) is 5.92 Å². The molecular weight excluding hydrogens is 318 g/mol. The lowest BCUT2D eigenvalue weighted by Crippen LogP contribution is -2.48. The van der Waals surface area contributed by atoms with Gasteiger partial charge in [-0.15, -0.1) is 0 Å². The first-order valence-electron chi connectivity index (χ1n) is 9.76. The number of likely N-dealkylation sites (tertiary alicyclic amines) is 2. The van der Waals surface area contributed by atoms with Crippen LogP contribution in [-0.4, -0.2) is 66.2 Å². The minimum Gasteiger partial charge on any atom is -0.444 e. The van der Waals surface area contributed by atoms with Gasteiger partial charge < -0.3 is 15.0 Å². The van der Waals surface area contributed by atoms with E-state index in [0.29, 0.717) is 38.5 Å². The Morgan fingerprint density at radius 3 is 2.24 bits per heavy atom. The van der Waals surface area contributed by atoms with Crippen LogP contribution in [0.25, 0.3) is 0 Å². The van der Waals surface area contributed by atoms with Crippen LogP contribution in [0.4, 0.5) is 4.79 Å². The van der Waals surface area contributed by atoms with Gasteiger partial charge in [0.25, 0.3) is 0 Å². The Kier molecular flexibility index (Phi) is 7.11. The van der Waals surface area contributed by atoms with Crippen LogP contribution < -0.4 is 5.32 Å². The van der Waals surface area contributed by atoms with Gasteiger partial charge in [0.2, 0.25) is 5.91 Å². The normalized spacial score (nSPS) is 21.7. The fourth-order valence-corrected chi connectivity index (χ4v) is 3.53. The molecule has 0 aromatic rings. The fourth-order valence-electron chi connectivity index (χ4n) is 3.53. The lowest BCUT2D eigenvalue weighted by atomic mass is 9.96. The quantitative estimate of drug-likeness (QED) is 0.844. The van der Waals surface area contributed by atoms with Crippen molar-refractivity contribution in [1.82, 2.24) is 15.1 Å². The van der Waals surface area contributed by atoms with Gasteiger partial charge in [-0.3, -0.25) is 9.69 Å². The maximum Gasteiger partial charge on any atom is 0.410 e. The molecule has 0 aliphatic carbocycles. The zero-order valence-electron chi connectivity index (χ0n) is 16.3. The van der Waals surface area contributed by atoms with Gasteiger partial charge >= 0.3 is 6.09 Å². The van der Waals surface area contributed by atoms with Crippen molar-refractivity contribution in [2.24, 2.45) is 5.92 Å². The summed E-state index contributed by atoms with van der Waals surface area (Å²) in [7, 11) is 0. The number of nitrogens with one attached hydrogen (secondary N) is 1. The van der Waals surface area contributed by atoms with E-state index >= 15 is 0 Å². The Hall–Kier alpha value is -1.30. The Balaban J connectivity index is 1.69. The van der Waals surface area contributed by atoms with Crippen molar-refractivity contribution in [1.29, 1.82) is 0 Å². The molecule has 6 nitrogen and oxygen atoms in total. The molecule has 2 heterocycles. The molecule has 1 N–H and O–H groups in total. The van der Waals surface area contributed by atoms with E-state index < -0.39 is 5.60 Å². The van der Waals surface area contributed by atoms with E-state index in [0.717, 1.165) is 13.1 Å². The smallest absolute Gasteiger partial charge is 0.410 e. The van der Waals surface area contributed by atoms with Gasteiger partial charge in [0.1, 0.15) is 5.60 Å². The van der Waals surface area contributed by atoms with Gasteiger partial charge in [0, 0.05) is 31.6 Å². The molecule has 2 rings (SSSR count). The standard InChI is InChI=1S/C19H35N3O3/c1-15(21-10-6-5-7-11-21)14-20-17(23)16-8-12-22(13-9-16)18(24)25-19(2,3)4/h15-16H,5-14H2,1-4H3,(H,20,23). The summed E-state index contributed by atoms with van der Waals surface area (Å²) in [5.74, 6) is 0.139. The molecular formula is C19H35N3O3. The second-order valence-corrected chi connectivity index (χ2v) is 8.43. The van der Waals surface area contributed by atoms with Crippen molar-refractivity contribution in [3.05, 3.63) is 0 Å². The number of amides is 2. The van der Waals surface area contributed by atoms with Crippen LogP contribution in [-0.2, 0) is 9.53 Å². The highest BCUT2D eigenvalue weighted by Gasteiger charge is 2.30. The first kappa shape index (κ1) is 20.0. The first-order chi connectivity index (χ1) is 11.8.